The predicted molar refractivity (Wildman–Crippen MR) is 122 cm³/mol. The third kappa shape index (κ3) is 7.54. The van der Waals surface area contributed by atoms with Crippen molar-refractivity contribution in [3.8, 4) is 0 Å². The van der Waals surface area contributed by atoms with E-state index in [-0.39, 0.29) is 0 Å². The molecule has 1 aromatic carbocycles. The summed E-state index contributed by atoms with van der Waals surface area (Å²) in [6, 6.07) is 8.77. The number of hydrogen-bond donors (Lipinski definition) is 3. The van der Waals surface area contributed by atoms with E-state index in [0.29, 0.717) is 13.1 Å². The number of guanidine groups is 1. The summed E-state index contributed by atoms with van der Waals surface area (Å²) in [5.74, 6) is 0.781. The van der Waals surface area contributed by atoms with Crippen LogP contribution in [0.1, 0.15) is 31.4 Å². The van der Waals surface area contributed by atoms with Gasteiger partial charge in [-0.25, -0.2) is 0 Å². The number of morpholine rings is 1. The van der Waals surface area contributed by atoms with Crippen LogP contribution in [0.3, 0.4) is 0 Å². The molecule has 3 N–H and O–H groups in total. The molecule has 7 nitrogen and oxygen atoms in total. The van der Waals surface area contributed by atoms with Crippen molar-refractivity contribution in [3.05, 3.63) is 35.4 Å². The molecule has 1 fully saturated rings. The number of β-amino-alcohol motifs (C(OH)–C–C–N with tert-alkyl or cyclic N) is 1. The van der Waals surface area contributed by atoms with Gasteiger partial charge in [-0.05, 0) is 37.8 Å². The number of hydrogen-bond acceptors (Lipinski definition) is 5. The molecule has 2 aliphatic heterocycles. The van der Waals surface area contributed by atoms with Crippen LogP contribution >= 0.6 is 0 Å². The van der Waals surface area contributed by atoms with Crippen molar-refractivity contribution in [3.63, 3.8) is 0 Å². The first kappa shape index (κ1) is 23.0. The lowest BCUT2D eigenvalue weighted by molar-refractivity contribution is -0.0179. The molecule has 0 radical (unpaired) electrons. The molecule has 1 saturated heterocycles. The Kier molecular flexibility index (Phi) is 8.93. The molecule has 3 rings (SSSR count). The summed E-state index contributed by atoms with van der Waals surface area (Å²) in [5.41, 5.74) is 2.12. The lowest BCUT2D eigenvalue weighted by Crippen LogP contribution is -2.48. The Hall–Kier alpha value is -1.67. The maximum atomic E-state index is 10.8. The number of nitrogens with one attached hydrogen (secondary N) is 2. The maximum absolute atomic E-state index is 10.8. The van der Waals surface area contributed by atoms with Gasteiger partial charge in [0.1, 0.15) is 0 Å². The van der Waals surface area contributed by atoms with E-state index in [1.165, 1.54) is 11.1 Å². The van der Waals surface area contributed by atoms with Gasteiger partial charge < -0.3 is 20.5 Å². The highest BCUT2D eigenvalue weighted by molar-refractivity contribution is 5.79. The summed E-state index contributed by atoms with van der Waals surface area (Å²) in [6.45, 7) is 13.1. The Labute approximate surface area is 181 Å². The molecule has 2 aliphatic rings. The molecular weight excluding hydrogens is 378 g/mol. The molecule has 168 valence electrons. The van der Waals surface area contributed by atoms with Gasteiger partial charge in [0.15, 0.2) is 5.96 Å². The molecule has 30 heavy (non-hydrogen) atoms. The molecule has 1 aromatic rings. The monoisotopic (exact) mass is 417 g/mol. The van der Waals surface area contributed by atoms with Crippen molar-refractivity contribution >= 4 is 5.96 Å². The Morgan fingerprint density at radius 1 is 1.13 bits per heavy atom. The second-order valence-electron chi connectivity index (χ2n) is 8.66. The van der Waals surface area contributed by atoms with Gasteiger partial charge in [0.05, 0.1) is 25.4 Å². The average molecular weight is 418 g/mol. The molecule has 7 heteroatoms. The largest absolute Gasteiger partial charge is 0.387 e. The van der Waals surface area contributed by atoms with Gasteiger partial charge in [-0.2, -0.15) is 0 Å². The van der Waals surface area contributed by atoms with Crippen LogP contribution < -0.4 is 10.6 Å². The van der Waals surface area contributed by atoms with E-state index in [1.54, 1.807) is 0 Å². The number of rotatable bonds is 9. The number of aliphatic imine (C=N–C) groups is 1. The van der Waals surface area contributed by atoms with Gasteiger partial charge in [-0.1, -0.05) is 24.3 Å². The molecule has 0 spiro atoms. The van der Waals surface area contributed by atoms with E-state index in [9.17, 15) is 5.11 Å². The summed E-state index contributed by atoms with van der Waals surface area (Å²) >= 11 is 0. The Morgan fingerprint density at radius 2 is 1.90 bits per heavy atom. The highest BCUT2D eigenvalue weighted by atomic mass is 16.5. The number of ether oxygens (including phenoxy) is 1. The molecule has 1 unspecified atom stereocenters. The summed E-state index contributed by atoms with van der Waals surface area (Å²) < 4.78 is 5.39. The minimum absolute atomic E-state index is 0.378. The van der Waals surface area contributed by atoms with Gasteiger partial charge in [-0.3, -0.25) is 14.8 Å². The van der Waals surface area contributed by atoms with Crippen LogP contribution in [-0.2, 0) is 17.7 Å². The molecule has 0 bridgehead atoms. The first-order valence-electron chi connectivity index (χ1n) is 11.4. The van der Waals surface area contributed by atoms with Crippen molar-refractivity contribution < 1.29 is 9.84 Å². The van der Waals surface area contributed by atoms with Crippen LogP contribution in [0.4, 0.5) is 0 Å². The second kappa shape index (κ2) is 11.6. The van der Waals surface area contributed by atoms with Crippen LogP contribution in [0.15, 0.2) is 29.3 Å². The van der Waals surface area contributed by atoms with E-state index in [1.807, 2.05) is 6.92 Å². The highest BCUT2D eigenvalue weighted by Gasteiger charge is 2.25. The number of benzene rings is 1. The van der Waals surface area contributed by atoms with Crippen LogP contribution in [0.2, 0.25) is 0 Å². The smallest absolute Gasteiger partial charge is 0.191 e. The second-order valence-corrected chi connectivity index (χ2v) is 8.66. The summed E-state index contributed by atoms with van der Waals surface area (Å²) in [7, 11) is 0. The van der Waals surface area contributed by atoms with Gasteiger partial charge in [0, 0.05) is 52.4 Å². The Bertz CT molecular complexity index is 673. The fourth-order valence-corrected chi connectivity index (χ4v) is 4.14. The molecule has 0 amide bonds. The summed E-state index contributed by atoms with van der Waals surface area (Å²) in [5, 5.41) is 17.5. The minimum Gasteiger partial charge on any atom is -0.387 e. The van der Waals surface area contributed by atoms with Crippen molar-refractivity contribution in [1.29, 1.82) is 0 Å². The summed E-state index contributed by atoms with van der Waals surface area (Å²) in [4.78, 5) is 9.41. The SMILES string of the molecule is CCNC(=NCC(C)(O)CN1CCOCC1)NCCCN1CCc2ccccc2C1. The third-order valence-electron chi connectivity index (χ3n) is 5.74. The molecular formula is C23H39N5O2. The molecule has 2 heterocycles. The van der Waals surface area contributed by atoms with E-state index < -0.39 is 5.60 Å². The van der Waals surface area contributed by atoms with Crippen molar-refractivity contribution in [1.82, 2.24) is 20.4 Å². The number of nitrogens with zero attached hydrogens (tertiary/aromatic N) is 3. The zero-order chi connectivity index (χ0) is 21.2. The fraction of sp³-hybridized carbons (Fsp3) is 0.696. The molecule has 0 saturated carbocycles. The maximum Gasteiger partial charge on any atom is 0.191 e. The van der Waals surface area contributed by atoms with E-state index in [2.05, 4.69) is 56.6 Å². The standard InChI is InChI=1S/C23H39N5O2/c1-3-24-22(26-18-23(2,29)19-28-13-15-30-16-14-28)25-10-6-11-27-12-9-20-7-4-5-8-21(20)17-27/h4-5,7-8,29H,3,6,9-19H2,1-2H3,(H2,24,25,26). The van der Waals surface area contributed by atoms with Gasteiger partial charge in [0.2, 0.25) is 0 Å². The van der Waals surface area contributed by atoms with Crippen LogP contribution in [-0.4, -0.2) is 92.0 Å². The normalized spacial score (nSPS) is 20.4. The number of fused-ring (bicyclic) bond motifs is 1. The van der Waals surface area contributed by atoms with Crippen molar-refractivity contribution in [2.45, 2.75) is 38.8 Å². The Morgan fingerprint density at radius 3 is 2.67 bits per heavy atom. The average Bonchev–Trinajstić information content (AvgIpc) is 2.75. The highest BCUT2D eigenvalue weighted by Crippen LogP contribution is 2.18. The fourth-order valence-electron chi connectivity index (χ4n) is 4.14. The van der Waals surface area contributed by atoms with Crippen LogP contribution in [0.5, 0.6) is 0 Å². The van der Waals surface area contributed by atoms with Crippen LogP contribution in [0, 0.1) is 0 Å². The predicted octanol–water partition coefficient (Wildman–Crippen LogP) is 1.07. The van der Waals surface area contributed by atoms with Gasteiger partial charge in [-0.15, -0.1) is 0 Å². The third-order valence-corrected chi connectivity index (χ3v) is 5.74. The van der Waals surface area contributed by atoms with Gasteiger partial charge >= 0.3 is 0 Å². The van der Waals surface area contributed by atoms with Crippen molar-refractivity contribution in [2.75, 3.05) is 65.6 Å². The molecule has 0 aliphatic carbocycles. The quantitative estimate of drug-likeness (QED) is 0.317. The molecule has 1 atom stereocenters. The lowest BCUT2D eigenvalue weighted by atomic mass is 10.00. The minimum atomic E-state index is -0.846. The zero-order valence-corrected chi connectivity index (χ0v) is 18.7. The van der Waals surface area contributed by atoms with E-state index in [4.69, 9.17) is 4.74 Å². The number of aliphatic hydroxyl groups is 1. The first-order chi connectivity index (χ1) is 14.6. The van der Waals surface area contributed by atoms with Gasteiger partial charge in [0.25, 0.3) is 0 Å². The summed E-state index contributed by atoms with van der Waals surface area (Å²) in [6.07, 6.45) is 2.21. The Balaban J connectivity index is 1.39. The topological polar surface area (TPSA) is 72.4 Å². The first-order valence-corrected chi connectivity index (χ1v) is 11.4. The van der Waals surface area contributed by atoms with E-state index >= 15 is 0 Å². The zero-order valence-electron chi connectivity index (χ0n) is 18.7. The van der Waals surface area contributed by atoms with Crippen molar-refractivity contribution in [2.24, 2.45) is 4.99 Å². The molecule has 0 aromatic heterocycles. The van der Waals surface area contributed by atoms with E-state index in [0.717, 1.165) is 77.8 Å². The van der Waals surface area contributed by atoms with Crippen LogP contribution in [0.25, 0.3) is 0 Å². The lowest BCUT2D eigenvalue weighted by Gasteiger charge is -2.33.